The minimum absolute atomic E-state index is 0.0874. The van der Waals surface area contributed by atoms with Gasteiger partial charge in [-0.1, -0.05) is 170 Å². The van der Waals surface area contributed by atoms with Gasteiger partial charge in [0.25, 0.3) is 0 Å². The molecule has 5 heteroatoms. The monoisotopic (exact) mass is 781 g/mol. The van der Waals surface area contributed by atoms with Crippen molar-refractivity contribution in [2.24, 2.45) is 0 Å². The number of fused-ring (bicyclic) bond motifs is 3. The van der Waals surface area contributed by atoms with Crippen molar-refractivity contribution in [2.75, 3.05) is 0 Å². The first-order valence-electron chi connectivity index (χ1n) is 20.7. The summed E-state index contributed by atoms with van der Waals surface area (Å²) in [7, 11) is 0. The van der Waals surface area contributed by atoms with E-state index in [2.05, 4.69) is 204 Å². The van der Waals surface area contributed by atoms with Crippen molar-refractivity contribution in [3.8, 4) is 73.0 Å². The molecule has 1 aliphatic rings. The number of nitrogens with zero attached hydrogens (tertiary/aromatic N) is 5. The van der Waals surface area contributed by atoms with Crippen LogP contribution >= 0.6 is 0 Å². The fourth-order valence-corrected chi connectivity index (χ4v) is 8.49. The SMILES string of the molecule is C1=CCC(c2nc(-c3ccc(-c4ccc(-c5ccc(-c6ccc7c8ccccc8n(-c8ccccc8)c7c6)cc5)cc4)cc3)nc(-c3cccc(-c4cccnc4)c3)n2)C=C1. The molecule has 5 nitrogen and oxygen atoms in total. The standard InChI is InChI=1S/C56H39N5/c1-3-11-43(12-4-1)54-58-55(60-56(59-54)47-14-9-13-45(35-47)48-15-10-34-57-37-48)44-30-28-41(29-31-44)39-22-20-38(21-23-39)40-24-26-42(27-25-40)46-32-33-51-50-18-7-8-19-52(50)61(53(51)36-46)49-16-5-2-6-17-49/h1-11,13-37,43H,12H2. The van der Waals surface area contributed by atoms with Gasteiger partial charge in [0.2, 0.25) is 0 Å². The zero-order valence-electron chi connectivity index (χ0n) is 33.3. The maximum Gasteiger partial charge on any atom is 0.163 e. The molecule has 61 heavy (non-hydrogen) atoms. The minimum Gasteiger partial charge on any atom is -0.309 e. The van der Waals surface area contributed by atoms with Crippen LogP contribution in [0.5, 0.6) is 0 Å². The van der Waals surface area contributed by atoms with Crippen molar-refractivity contribution in [1.29, 1.82) is 0 Å². The van der Waals surface area contributed by atoms with E-state index < -0.39 is 0 Å². The summed E-state index contributed by atoms with van der Waals surface area (Å²) < 4.78 is 2.37. The van der Waals surface area contributed by atoms with E-state index in [1.54, 1.807) is 6.20 Å². The molecule has 0 N–H and O–H groups in total. The Hall–Kier alpha value is -8.02. The molecular weight excluding hydrogens is 743 g/mol. The average molecular weight is 782 g/mol. The van der Waals surface area contributed by atoms with Crippen molar-refractivity contribution >= 4 is 21.8 Å². The minimum atomic E-state index is 0.0874. The molecule has 0 aliphatic heterocycles. The van der Waals surface area contributed by atoms with Gasteiger partial charge in [0, 0.05) is 51.5 Å². The Morgan fingerprint density at radius 2 is 0.984 bits per heavy atom. The van der Waals surface area contributed by atoms with Crippen LogP contribution in [0.25, 0.3) is 94.8 Å². The van der Waals surface area contributed by atoms with Gasteiger partial charge in [0.15, 0.2) is 11.6 Å². The highest BCUT2D eigenvalue weighted by molar-refractivity contribution is 6.10. The molecule has 11 rings (SSSR count). The van der Waals surface area contributed by atoms with Crippen LogP contribution in [0.1, 0.15) is 18.2 Å². The number of benzene rings is 7. The normalized spacial score (nSPS) is 13.5. The van der Waals surface area contributed by atoms with Gasteiger partial charge in [-0.3, -0.25) is 4.98 Å². The third kappa shape index (κ3) is 7.02. The summed E-state index contributed by atoms with van der Waals surface area (Å²) in [5, 5.41) is 2.52. The molecule has 0 fully saturated rings. The van der Waals surface area contributed by atoms with Crippen molar-refractivity contribution < 1.29 is 0 Å². The lowest BCUT2D eigenvalue weighted by molar-refractivity contribution is 0.764. The molecule has 7 aromatic carbocycles. The molecule has 10 aromatic rings. The summed E-state index contributed by atoms with van der Waals surface area (Å²) >= 11 is 0. The average Bonchev–Trinajstić information content (AvgIpc) is 3.68. The molecule has 0 spiro atoms. The number of hydrogen-bond acceptors (Lipinski definition) is 4. The maximum atomic E-state index is 5.03. The molecule has 1 unspecified atom stereocenters. The summed E-state index contributed by atoms with van der Waals surface area (Å²) in [4.78, 5) is 19.4. The van der Waals surface area contributed by atoms with Crippen LogP contribution < -0.4 is 0 Å². The predicted octanol–water partition coefficient (Wildman–Crippen LogP) is 14.0. The Morgan fingerprint density at radius 1 is 0.410 bits per heavy atom. The molecule has 0 saturated heterocycles. The number of aromatic nitrogens is 5. The Kier molecular flexibility index (Phi) is 9.24. The first kappa shape index (κ1) is 36.1. The van der Waals surface area contributed by atoms with E-state index in [9.17, 15) is 0 Å². The second kappa shape index (κ2) is 15.6. The van der Waals surface area contributed by atoms with Crippen LogP contribution in [-0.4, -0.2) is 24.5 Å². The first-order chi connectivity index (χ1) is 30.2. The van der Waals surface area contributed by atoms with Crippen molar-refractivity contribution in [1.82, 2.24) is 24.5 Å². The Morgan fingerprint density at radius 3 is 1.66 bits per heavy atom. The lowest BCUT2D eigenvalue weighted by Crippen LogP contribution is -2.07. The third-order valence-electron chi connectivity index (χ3n) is 11.7. The fraction of sp³-hybridized carbons (Fsp3) is 0.0357. The highest BCUT2D eigenvalue weighted by atomic mass is 15.0. The van der Waals surface area contributed by atoms with Gasteiger partial charge in [-0.25, -0.2) is 15.0 Å². The summed E-state index contributed by atoms with van der Waals surface area (Å²) in [6.45, 7) is 0. The molecule has 0 saturated carbocycles. The van der Waals surface area contributed by atoms with Crippen LogP contribution in [0.3, 0.4) is 0 Å². The number of hydrogen-bond donors (Lipinski definition) is 0. The van der Waals surface area contributed by atoms with Crippen molar-refractivity contribution in [2.45, 2.75) is 12.3 Å². The smallest absolute Gasteiger partial charge is 0.163 e. The quantitative estimate of drug-likeness (QED) is 0.154. The summed E-state index contributed by atoms with van der Waals surface area (Å²) in [6, 6.07) is 64.7. The zero-order chi connectivity index (χ0) is 40.5. The van der Waals surface area contributed by atoms with Gasteiger partial charge < -0.3 is 4.57 Å². The van der Waals surface area contributed by atoms with Gasteiger partial charge >= 0.3 is 0 Å². The Labute approximate surface area is 354 Å². The van der Waals surface area contributed by atoms with Gasteiger partial charge in [0.1, 0.15) is 5.82 Å². The van der Waals surface area contributed by atoms with Gasteiger partial charge in [-0.05, 0) is 81.8 Å². The van der Waals surface area contributed by atoms with Gasteiger partial charge in [0.05, 0.1) is 11.0 Å². The molecule has 3 aromatic heterocycles. The van der Waals surface area contributed by atoms with Crippen molar-refractivity contribution in [3.63, 3.8) is 0 Å². The molecule has 0 radical (unpaired) electrons. The molecule has 0 bridgehead atoms. The van der Waals surface area contributed by atoms with E-state index >= 15 is 0 Å². The van der Waals surface area contributed by atoms with Crippen LogP contribution in [-0.2, 0) is 0 Å². The number of pyridine rings is 1. The van der Waals surface area contributed by atoms with E-state index in [0.717, 1.165) is 51.3 Å². The fourth-order valence-electron chi connectivity index (χ4n) is 8.49. The van der Waals surface area contributed by atoms with E-state index in [-0.39, 0.29) is 5.92 Å². The molecule has 3 heterocycles. The summed E-state index contributed by atoms with van der Waals surface area (Å²) in [5.74, 6) is 2.19. The molecule has 288 valence electrons. The third-order valence-corrected chi connectivity index (χ3v) is 11.7. The van der Waals surface area contributed by atoms with Crippen LogP contribution in [0.15, 0.2) is 219 Å². The zero-order valence-corrected chi connectivity index (χ0v) is 33.3. The number of rotatable bonds is 8. The second-order valence-corrected chi connectivity index (χ2v) is 15.5. The van der Waals surface area contributed by atoms with Crippen LogP contribution in [0, 0.1) is 0 Å². The maximum absolute atomic E-state index is 5.03. The van der Waals surface area contributed by atoms with E-state index in [4.69, 9.17) is 15.0 Å². The van der Waals surface area contributed by atoms with Crippen LogP contribution in [0.4, 0.5) is 0 Å². The van der Waals surface area contributed by atoms with Crippen LogP contribution in [0.2, 0.25) is 0 Å². The van der Waals surface area contributed by atoms with E-state index in [1.807, 2.05) is 18.3 Å². The van der Waals surface area contributed by atoms with E-state index in [1.165, 1.54) is 44.1 Å². The topological polar surface area (TPSA) is 56.5 Å². The van der Waals surface area contributed by atoms with E-state index in [0.29, 0.717) is 11.6 Å². The first-order valence-corrected chi connectivity index (χ1v) is 20.7. The Bertz CT molecular complexity index is 3240. The molecule has 1 atom stereocenters. The number of para-hydroxylation sites is 2. The van der Waals surface area contributed by atoms with Crippen molar-refractivity contribution in [3.05, 3.63) is 225 Å². The Balaban J connectivity index is 0.853. The largest absolute Gasteiger partial charge is 0.309 e. The summed E-state index contributed by atoms with van der Waals surface area (Å²) in [6.07, 6.45) is 13.0. The molecule has 0 amide bonds. The van der Waals surface area contributed by atoms with Gasteiger partial charge in [-0.15, -0.1) is 0 Å². The van der Waals surface area contributed by atoms with Gasteiger partial charge in [-0.2, -0.15) is 0 Å². The lowest BCUT2D eigenvalue weighted by atomic mass is 9.97. The molecular formula is C56H39N5. The summed E-state index contributed by atoms with van der Waals surface area (Å²) in [5.41, 5.74) is 14.6. The second-order valence-electron chi connectivity index (χ2n) is 15.5. The highest BCUT2D eigenvalue weighted by Crippen LogP contribution is 2.36. The lowest BCUT2D eigenvalue weighted by Gasteiger charge is -2.15. The number of allylic oxidation sites excluding steroid dienone is 4. The highest BCUT2D eigenvalue weighted by Gasteiger charge is 2.18. The predicted molar refractivity (Wildman–Crippen MR) is 250 cm³/mol. The molecule has 1 aliphatic carbocycles.